The molecule has 2 aromatic rings. The lowest BCUT2D eigenvalue weighted by atomic mass is 10.2. The van der Waals surface area contributed by atoms with Crippen molar-refractivity contribution in [1.29, 1.82) is 0 Å². The molecule has 9 nitrogen and oxygen atoms in total. The molecule has 0 aliphatic carbocycles. The third-order valence-electron chi connectivity index (χ3n) is 2.89. The monoisotopic (exact) mass is 370 g/mol. The number of nitrogens with zero attached hydrogens (tertiary/aromatic N) is 3. The molecular formula is C13H15ClN6O3S. The summed E-state index contributed by atoms with van der Waals surface area (Å²) in [6, 6.07) is 4.25. The number of nitro groups is 1. The Morgan fingerprint density at radius 3 is 2.92 bits per heavy atom. The van der Waals surface area contributed by atoms with Gasteiger partial charge in [-0.05, 0) is 12.5 Å². The molecule has 1 heterocycles. The molecule has 0 fully saturated rings. The molecule has 0 aliphatic heterocycles. The molecule has 1 amide bonds. The van der Waals surface area contributed by atoms with Crippen molar-refractivity contribution in [3.05, 3.63) is 39.7 Å². The van der Waals surface area contributed by atoms with Gasteiger partial charge in [0, 0.05) is 25.2 Å². The maximum absolute atomic E-state index is 11.6. The first kappa shape index (κ1) is 18.0. The van der Waals surface area contributed by atoms with Gasteiger partial charge in [0.15, 0.2) is 5.16 Å². The number of anilines is 1. The summed E-state index contributed by atoms with van der Waals surface area (Å²) in [6.07, 6.45) is 2.07. The number of hydrogen-bond donors (Lipinski definition) is 3. The number of halogens is 1. The predicted molar refractivity (Wildman–Crippen MR) is 91.3 cm³/mol. The van der Waals surface area contributed by atoms with E-state index in [4.69, 9.17) is 11.6 Å². The largest absolute Gasteiger partial charge is 0.384 e. The number of nitrogens with one attached hydrogen (secondary N) is 3. The lowest BCUT2D eigenvalue weighted by Crippen LogP contribution is -2.27. The highest BCUT2D eigenvalue weighted by atomic mass is 35.5. The Labute approximate surface area is 146 Å². The fourth-order valence-corrected chi connectivity index (χ4v) is 2.60. The summed E-state index contributed by atoms with van der Waals surface area (Å²) in [4.78, 5) is 25.7. The van der Waals surface area contributed by atoms with Crippen molar-refractivity contribution in [3.63, 3.8) is 0 Å². The lowest BCUT2D eigenvalue weighted by molar-refractivity contribution is -0.384. The molecule has 2 rings (SSSR count). The lowest BCUT2D eigenvalue weighted by Gasteiger charge is -2.09. The number of nitro benzene ring substituents is 1. The number of non-ortho nitro benzene ring substituents is 1. The third kappa shape index (κ3) is 5.70. The normalized spacial score (nSPS) is 10.4. The van der Waals surface area contributed by atoms with Gasteiger partial charge in [-0.1, -0.05) is 23.4 Å². The number of aromatic amines is 1. The van der Waals surface area contributed by atoms with E-state index in [9.17, 15) is 14.9 Å². The van der Waals surface area contributed by atoms with Gasteiger partial charge in [0.05, 0.1) is 21.4 Å². The minimum absolute atomic E-state index is 0.0536. The van der Waals surface area contributed by atoms with Gasteiger partial charge in [-0.25, -0.2) is 4.98 Å². The van der Waals surface area contributed by atoms with Crippen LogP contribution in [0.2, 0.25) is 5.02 Å². The van der Waals surface area contributed by atoms with Crippen molar-refractivity contribution in [2.45, 2.75) is 11.6 Å². The zero-order valence-corrected chi connectivity index (χ0v) is 14.1. The van der Waals surface area contributed by atoms with Crippen molar-refractivity contribution < 1.29 is 9.72 Å². The molecule has 24 heavy (non-hydrogen) atoms. The highest BCUT2D eigenvalue weighted by Gasteiger charge is 2.09. The van der Waals surface area contributed by atoms with E-state index in [1.54, 1.807) is 6.07 Å². The predicted octanol–water partition coefficient (Wildman–Crippen LogP) is 2.08. The number of carbonyl (C=O) groups is 1. The van der Waals surface area contributed by atoms with E-state index in [1.807, 2.05) is 0 Å². The first-order valence-corrected chi connectivity index (χ1v) is 8.35. The molecule has 11 heteroatoms. The highest BCUT2D eigenvalue weighted by Crippen LogP contribution is 2.26. The van der Waals surface area contributed by atoms with Crippen molar-refractivity contribution in [1.82, 2.24) is 20.5 Å². The fourth-order valence-electron chi connectivity index (χ4n) is 1.75. The number of hydrogen-bond acceptors (Lipinski definition) is 7. The summed E-state index contributed by atoms with van der Waals surface area (Å²) in [5, 5.41) is 23.7. The number of carbonyl (C=O) groups excluding carboxylic acids is 1. The smallest absolute Gasteiger partial charge is 0.271 e. The number of thioether (sulfide) groups is 1. The van der Waals surface area contributed by atoms with Crippen LogP contribution in [0.25, 0.3) is 0 Å². The Balaban J connectivity index is 1.62. The Morgan fingerprint density at radius 1 is 1.42 bits per heavy atom. The van der Waals surface area contributed by atoms with Crippen LogP contribution in [0.15, 0.2) is 29.7 Å². The summed E-state index contributed by atoms with van der Waals surface area (Å²) < 4.78 is 0. The average molecular weight is 371 g/mol. The van der Waals surface area contributed by atoms with E-state index in [-0.39, 0.29) is 22.4 Å². The Hall–Kier alpha value is -2.33. The maximum Gasteiger partial charge on any atom is 0.271 e. The van der Waals surface area contributed by atoms with Crippen molar-refractivity contribution in [2.24, 2.45) is 0 Å². The molecule has 0 atom stereocenters. The summed E-state index contributed by atoms with van der Waals surface area (Å²) in [7, 11) is 0. The van der Waals surface area contributed by atoms with Gasteiger partial charge in [0.2, 0.25) is 5.91 Å². The highest BCUT2D eigenvalue weighted by molar-refractivity contribution is 7.99. The fraction of sp³-hybridized carbons (Fsp3) is 0.308. The molecule has 128 valence electrons. The summed E-state index contributed by atoms with van der Waals surface area (Å²) in [5.74, 6) is 0.168. The molecule has 1 aromatic heterocycles. The van der Waals surface area contributed by atoms with Crippen LogP contribution >= 0.6 is 23.4 Å². The van der Waals surface area contributed by atoms with Crippen LogP contribution in [-0.2, 0) is 4.79 Å². The summed E-state index contributed by atoms with van der Waals surface area (Å²) >= 11 is 7.25. The second-order valence-electron chi connectivity index (χ2n) is 4.63. The van der Waals surface area contributed by atoms with Crippen molar-refractivity contribution in [3.8, 4) is 0 Å². The van der Waals surface area contributed by atoms with Gasteiger partial charge < -0.3 is 10.6 Å². The van der Waals surface area contributed by atoms with Crippen LogP contribution in [0.4, 0.5) is 11.4 Å². The zero-order valence-electron chi connectivity index (χ0n) is 12.5. The van der Waals surface area contributed by atoms with Gasteiger partial charge in [0.1, 0.15) is 6.33 Å². The molecule has 1 aromatic carbocycles. The summed E-state index contributed by atoms with van der Waals surface area (Å²) in [6.45, 7) is 1.08. The minimum Gasteiger partial charge on any atom is -0.384 e. The van der Waals surface area contributed by atoms with Crippen LogP contribution in [0.1, 0.15) is 6.42 Å². The molecule has 0 saturated carbocycles. The second kappa shape index (κ2) is 9.08. The van der Waals surface area contributed by atoms with Crippen LogP contribution in [0.3, 0.4) is 0 Å². The molecule has 0 aliphatic rings. The van der Waals surface area contributed by atoms with E-state index in [1.165, 1.54) is 30.2 Å². The molecule has 0 spiro atoms. The average Bonchev–Trinajstić information content (AvgIpc) is 3.07. The summed E-state index contributed by atoms with van der Waals surface area (Å²) in [5.41, 5.74) is 0.566. The van der Waals surface area contributed by atoms with E-state index >= 15 is 0 Å². The molecular weight excluding hydrogens is 356 g/mol. The minimum atomic E-state index is -0.498. The van der Waals surface area contributed by atoms with E-state index in [0.29, 0.717) is 30.4 Å². The standard InChI is InChI=1S/C13H15ClN6O3S/c14-10-6-9(20(22)23)2-3-11(10)15-4-1-5-16-12(21)7-24-13-17-8-18-19-13/h2-3,6,8,15H,1,4-5,7H2,(H,16,21)(H,17,18,19). The van der Waals surface area contributed by atoms with E-state index < -0.39 is 4.92 Å². The zero-order chi connectivity index (χ0) is 17.4. The van der Waals surface area contributed by atoms with Crippen molar-refractivity contribution in [2.75, 3.05) is 24.2 Å². The molecule has 0 saturated heterocycles. The molecule has 0 bridgehead atoms. The topological polar surface area (TPSA) is 126 Å². The van der Waals surface area contributed by atoms with Gasteiger partial charge in [-0.3, -0.25) is 20.0 Å². The Bertz CT molecular complexity index is 697. The number of amides is 1. The van der Waals surface area contributed by atoms with Gasteiger partial charge in [0.25, 0.3) is 5.69 Å². The quantitative estimate of drug-likeness (QED) is 0.267. The maximum atomic E-state index is 11.6. The van der Waals surface area contributed by atoms with Gasteiger partial charge >= 0.3 is 0 Å². The van der Waals surface area contributed by atoms with E-state index in [0.717, 1.165) is 0 Å². The molecule has 0 unspecified atom stereocenters. The van der Waals surface area contributed by atoms with Crippen LogP contribution < -0.4 is 10.6 Å². The second-order valence-corrected chi connectivity index (χ2v) is 6.00. The Morgan fingerprint density at radius 2 is 2.25 bits per heavy atom. The number of aromatic nitrogens is 3. The van der Waals surface area contributed by atoms with Crippen LogP contribution in [-0.4, -0.2) is 44.9 Å². The molecule has 0 radical (unpaired) electrons. The number of H-pyrrole nitrogens is 1. The Kier molecular flexibility index (Phi) is 6.82. The van der Waals surface area contributed by atoms with Gasteiger partial charge in [-0.15, -0.1) is 0 Å². The van der Waals surface area contributed by atoms with Crippen LogP contribution in [0, 0.1) is 10.1 Å². The van der Waals surface area contributed by atoms with Crippen LogP contribution in [0.5, 0.6) is 0 Å². The SMILES string of the molecule is O=C(CSc1ncn[nH]1)NCCCNc1ccc([N+](=O)[O-])cc1Cl. The number of benzene rings is 1. The molecule has 3 N–H and O–H groups in total. The van der Waals surface area contributed by atoms with E-state index in [2.05, 4.69) is 25.8 Å². The third-order valence-corrected chi connectivity index (χ3v) is 4.08. The number of rotatable bonds is 9. The first-order valence-electron chi connectivity index (χ1n) is 6.99. The van der Waals surface area contributed by atoms with Crippen molar-refractivity contribution >= 4 is 40.6 Å². The van der Waals surface area contributed by atoms with Gasteiger partial charge in [-0.2, -0.15) is 5.10 Å². The first-order chi connectivity index (χ1) is 11.6.